The minimum absolute atomic E-state index is 0.409. The highest BCUT2D eigenvalue weighted by Gasteiger charge is 2.25. The van der Waals surface area contributed by atoms with E-state index >= 15 is 0 Å². The van der Waals surface area contributed by atoms with Gasteiger partial charge in [0.15, 0.2) is 0 Å². The molecule has 4 heteroatoms. The summed E-state index contributed by atoms with van der Waals surface area (Å²) in [6, 6.07) is 32.3. The SMILES string of the molecule is C=CCC(C(=O)OC(C#N)c1cccc(Oc2ccccc2)c1)c1ccc2ccccc2c1. The van der Waals surface area contributed by atoms with Crippen molar-refractivity contribution in [3.05, 3.63) is 121 Å². The van der Waals surface area contributed by atoms with Gasteiger partial charge in [0, 0.05) is 5.56 Å². The van der Waals surface area contributed by atoms with Crippen molar-refractivity contribution in [2.75, 3.05) is 0 Å². The summed E-state index contributed by atoms with van der Waals surface area (Å²) in [5.74, 6) is 0.229. The first kappa shape index (κ1) is 21.9. The Bertz CT molecular complexity index is 1310. The van der Waals surface area contributed by atoms with Crippen molar-refractivity contribution in [3.8, 4) is 17.6 Å². The number of ether oxygens (including phenoxy) is 2. The van der Waals surface area contributed by atoms with E-state index in [2.05, 4.69) is 12.6 Å². The van der Waals surface area contributed by atoms with Crippen LogP contribution in [0.3, 0.4) is 0 Å². The molecule has 0 fully saturated rings. The van der Waals surface area contributed by atoms with E-state index in [0.29, 0.717) is 23.5 Å². The second-order valence-corrected chi connectivity index (χ2v) is 7.62. The number of allylic oxidation sites excluding steroid dienone is 1. The summed E-state index contributed by atoms with van der Waals surface area (Å²) in [7, 11) is 0. The second-order valence-electron chi connectivity index (χ2n) is 7.62. The zero-order valence-corrected chi connectivity index (χ0v) is 18.1. The van der Waals surface area contributed by atoms with Gasteiger partial charge in [-0.05, 0) is 47.0 Å². The lowest BCUT2D eigenvalue weighted by atomic mass is 9.93. The van der Waals surface area contributed by atoms with Gasteiger partial charge in [-0.15, -0.1) is 6.58 Å². The van der Waals surface area contributed by atoms with Crippen LogP contribution < -0.4 is 4.74 Å². The Morgan fingerprint density at radius 3 is 2.33 bits per heavy atom. The van der Waals surface area contributed by atoms with Crippen molar-refractivity contribution >= 4 is 16.7 Å². The van der Waals surface area contributed by atoms with Gasteiger partial charge in [-0.25, -0.2) is 0 Å². The van der Waals surface area contributed by atoms with Gasteiger partial charge in [-0.2, -0.15) is 5.26 Å². The van der Waals surface area contributed by atoms with Crippen LogP contribution in [-0.4, -0.2) is 5.97 Å². The van der Waals surface area contributed by atoms with Gasteiger partial charge < -0.3 is 9.47 Å². The number of carbonyl (C=O) groups excluding carboxylic acids is 1. The van der Waals surface area contributed by atoms with Crippen LogP contribution in [0.4, 0.5) is 0 Å². The number of rotatable bonds is 8. The summed E-state index contributed by atoms with van der Waals surface area (Å²) in [5.41, 5.74) is 1.38. The first-order chi connectivity index (χ1) is 16.2. The van der Waals surface area contributed by atoms with Gasteiger partial charge in [0.05, 0.1) is 5.92 Å². The van der Waals surface area contributed by atoms with Crippen LogP contribution in [0, 0.1) is 11.3 Å². The molecule has 0 aliphatic carbocycles. The minimum Gasteiger partial charge on any atom is -0.457 e. The molecule has 2 unspecified atom stereocenters. The van der Waals surface area contributed by atoms with Crippen molar-refractivity contribution in [2.45, 2.75) is 18.4 Å². The molecule has 4 nitrogen and oxygen atoms in total. The number of benzene rings is 4. The monoisotopic (exact) mass is 433 g/mol. The molecule has 4 aromatic carbocycles. The minimum atomic E-state index is -1.05. The van der Waals surface area contributed by atoms with Crippen LogP contribution in [0.1, 0.15) is 29.6 Å². The molecule has 2 atom stereocenters. The first-order valence-electron chi connectivity index (χ1n) is 10.7. The van der Waals surface area contributed by atoms with Crippen LogP contribution >= 0.6 is 0 Å². The summed E-state index contributed by atoms with van der Waals surface area (Å²) in [5, 5.41) is 11.9. The van der Waals surface area contributed by atoms with Crippen LogP contribution in [-0.2, 0) is 9.53 Å². The fourth-order valence-electron chi connectivity index (χ4n) is 3.69. The third kappa shape index (κ3) is 5.28. The number of nitrogens with zero attached hydrogens (tertiary/aromatic N) is 1. The Kier molecular flexibility index (Phi) is 6.82. The topological polar surface area (TPSA) is 59.3 Å². The fraction of sp³-hybridized carbons (Fsp3) is 0.103. The van der Waals surface area contributed by atoms with E-state index < -0.39 is 18.0 Å². The zero-order valence-electron chi connectivity index (χ0n) is 18.1. The van der Waals surface area contributed by atoms with E-state index in [4.69, 9.17) is 9.47 Å². The van der Waals surface area contributed by atoms with Crippen molar-refractivity contribution in [3.63, 3.8) is 0 Å². The molecular formula is C29H23NO3. The molecule has 0 heterocycles. The number of carbonyl (C=O) groups is 1. The number of esters is 1. The van der Waals surface area contributed by atoms with Gasteiger partial charge in [0.1, 0.15) is 17.6 Å². The molecule has 0 spiro atoms. The molecule has 33 heavy (non-hydrogen) atoms. The molecule has 162 valence electrons. The average molecular weight is 434 g/mol. The molecule has 0 aliphatic heterocycles. The van der Waals surface area contributed by atoms with Crippen LogP contribution in [0.15, 0.2) is 110 Å². The molecule has 0 aromatic heterocycles. The van der Waals surface area contributed by atoms with Crippen molar-refractivity contribution in [1.82, 2.24) is 0 Å². The molecule has 4 aromatic rings. The van der Waals surface area contributed by atoms with E-state index in [9.17, 15) is 10.1 Å². The maximum atomic E-state index is 13.1. The second kappa shape index (κ2) is 10.3. The van der Waals surface area contributed by atoms with Gasteiger partial charge >= 0.3 is 5.97 Å². The largest absolute Gasteiger partial charge is 0.457 e. The normalized spacial score (nSPS) is 12.3. The Morgan fingerprint density at radius 1 is 0.848 bits per heavy atom. The molecule has 0 N–H and O–H groups in total. The number of fused-ring (bicyclic) bond motifs is 1. The van der Waals surface area contributed by atoms with Crippen molar-refractivity contribution in [2.24, 2.45) is 0 Å². The summed E-state index contributed by atoms with van der Waals surface area (Å²) in [4.78, 5) is 13.1. The molecule has 0 saturated carbocycles. The van der Waals surface area contributed by atoms with E-state index in [1.807, 2.05) is 72.8 Å². The predicted octanol–water partition coefficient (Wildman–Crippen LogP) is 7.10. The van der Waals surface area contributed by atoms with E-state index in [-0.39, 0.29) is 0 Å². The number of hydrogen-bond acceptors (Lipinski definition) is 4. The predicted molar refractivity (Wildman–Crippen MR) is 129 cm³/mol. The number of nitriles is 1. The third-order valence-electron chi connectivity index (χ3n) is 5.35. The Labute approximate surface area is 193 Å². The Morgan fingerprint density at radius 2 is 1.58 bits per heavy atom. The van der Waals surface area contributed by atoms with Gasteiger partial charge in [0.2, 0.25) is 6.10 Å². The lowest BCUT2D eigenvalue weighted by Crippen LogP contribution is -2.18. The standard InChI is InChI=1S/C29H23NO3/c1-2-9-27(23-17-16-21-10-6-7-11-22(21)18-23)29(31)33-28(20-30)24-12-8-15-26(19-24)32-25-13-4-3-5-14-25/h2-8,10-19,27-28H,1,9H2. The highest BCUT2D eigenvalue weighted by molar-refractivity contribution is 5.86. The van der Waals surface area contributed by atoms with Crippen LogP contribution in [0.5, 0.6) is 11.5 Å². The lowest BCUT2D eigenvalue weighted by Gasteiger charge is -2.19. The van der Waals surface area contributed by atoms with E-state index in [0.717, 1.165) is 16.3 Å². The average Bonchev–Trinajstić information content (AvgIpc) is 2.86. The lowest BCUT2D eigenvalue weighted by molar-refractivity contribution is -0.148. The Hall–Kier alpha value is -4.36. The first-order valence-corrected chi connectivity index (χ1v) is 10.7. The molecule has 0 bridgehead atoms. The van der Waals surface area contributed by atoms with E-state index in [1.165, 1.54) is 0 Å². The Balaban J connectivity index is 1.55. The zero-order chi connectivity index (χ0) is 23.0. The van der Waals surface area contributed by atoms with Gasteiger partial charge in [0.25, 0.3) is 0 Å². The smallest absolute Gasteiger partial charge is 0.315 e. The van der Waals surface area contributed by atoms with Crippen LogP contribution in [0.25, 0.3) is 10.8 Å². The van der Waals surface area contributed by atoms with E-state index in [1.54, 1.807) is 30.3 Å². The summed E-state index contributed by atoms with van der Waals surface area (Å²) >= 11 is 0. The quantitative estimate of drug-likeness (QED) is 0.220. The molecule has 0 aliphatic rings. The molecular weight excluding hydrogens is 410 g/mol. The number of para-hydroxylation sites is 1. The number of hydrogen-bond donors (Lipinski definition) is 0. The summed E-state index contributed by atoms with van der Waals surface area (Å²) in [6.45, 7) is 3.79. The summed E-state index contributed by atoms with van der Waals surface area (Å²) in [6.07, 6.45) is 1.05. The van der Waals surface area contributed by atoms with Crippen molar-refractivity contribution < 1.29 is 14.3 Å². The maximum Gasteiger partial charge on any atom is 0.315 e. The molecule has 4 rings (SSSR count). The van der Waals surface area contributed by atoms with Gasteiger partial charge in [-0.1, -0.05) is 78.9 Å². The highest BCUT2D eigenvalue weighted by atomic mass is 16.5. The fourth-order valence-corrected chi connectivity index (χ4v) is 3.69. The summed E-state index contributed by atoms with van der Waals surface area (Å²) < 4.78 is 11.5. The molecule has 0 saturated heterocycles. The van der Waals surface area contributed by atoms with Crippen LogP contribution in [0.2, 0.25) is 0 Å². The maximum absolute atomic E-state index is 13.1. The molecule has 0 radical (unpaired) electrons. The van der Waals surface area contributed by atoms with Gasteiger partial charge in [-0.3, -0.25) is 4.79 Å². The molecule has 0 amide bonds. The third-order valence-corrected chi connectivity index (χ3v) is 5.35. The highest BCUT2D eigenvalue weighted by Crippen LogP contribution is 2.30. The van der Waals surface area contributed by atoms with Crippen molar-refractivity contribution in [1.29, 1.82) is 5.26 Å².